The molecule has 0 radical (unpaired) electrons. The molecule has 98 valence electrons. The number of benzene rings is 1. The molecule has 1 aliphatic carbocycles. The van der Waals surface area contributed by atoms with Gasteiger partial charge in [-0.15, -0.1) is 0 Å². The van der Waals surface area contributed by atoms with Crippen molar-refractivity contribution in [2.45, 2.75) is 31.8 Å². The van der Waals surface area contributed by atoms with Crippen molar-refractivity contribution in [1.82, 2.24) is 4.90 Å². The monoisotopic (exact) mass is 251 g/mol. The van der Waals surface area contributed by atoms with E-state index in [2.05, 4.69) is 4.90 Å². The Morgan fingerprint density at radius 3 is 2.56 bits per heavy atom. The Balaban J connectivity index is 1.99. The van der Waals surface area contributed by atoms with Gasteiger partial charge in [-0.25, -0.2) is 0 Å². The molecule has 0 heterocycles. The summed E-state index contributed by atoms with van der Waals surface area (Å²) >= 11 is 0. The van der Waals surface area contributed by atoms with Gasteiger partial charge in [0, 0.05) is 19.1 Å². The van der Waals surface area contributed by atoms with Crippen LogP contribution >= 0.6 is 0 Å². The molecule has 1 saturated carbocycles. The highest BCUT2D eigenvalue weighted by atomic mass is 16.4. The molecule has 0 amide bonds. The van der Waals surface area contributed by atoms with Crippen molar-refractivity contribution in [2.75, 3.05) is 6.54 Å². The van der Waals surface area contributed by atoms with E-state index in [1.807, 2.05) is 0 Å². The number of nitrogens with zero attached hydrogens (tertiary/aromatic N) is 1. The molecule has 0 aliphatic heterocycles. The fraction of sp³-hybridized carbons (Fsp3) is 0.462. The third-order valence-corrected chi connectivity index (χ3v) is 3.10. The molecular weight excluding hydrogens is 234 g/mol. The van der Waals surface area contributed by atoms with Crippen molar-refractivity contribution >= 4 is 5.97 Å². The summed E-state index contributed by atoms with van der Waals surface area (Å²) in [7, 11) is 0. The van der Waals surface area contributed by atoms with Gasteiger partial charge in [0.05, 0.1) is 6.42 Å². The zero-order chi connectivity index (χ0) is 13.1. The molecular formula is C13H17NO4. The average Bonchev–Trinajstić information content (AvgIpc) is 3.13. The summed E-state index contributed by atoms with van der Waals surface area (Å²) in [5, 5.41) is 27.4. The van der Waals surface area contributed by atoms with Gasteiger partial charge in [-0.1, -0.05) is 6.07 Å². The first-order valence-corrected chi connectivity index (χ1v) is 6.03. The molecule has 1 aromatic rings. The number of carbonyl (C=O) groups is 1. The lowest BCUT2D eigenvalue weighted by molar-refractivity contribution is -0.137. The van der Waals surface area contributed by atoms with E-state index in [0.717, 1.165) is 18.4 Å². The summed E-state index contributed by atoms with van der Waals surface area (Å²) in [4.78, 5) is 12.7. The van der Waals surface area contributed by atoms with Crippen molar-refractivity contribution in [3.05, 3.63) is 23.8 Å². The Bertz CT molecular complexity index is 443. The summed E-state index contributed by atoms with van der Waals surface area (Å²) in [5.74, 6) is -1.07. The molecule has 1 aromatic carbocycles. The van der Waals surface area contributed by atoms with Gasteiger partial charge in [0.15, 0.2) is 11.5 Å². The van der Waals surface area contributed by atoms with E-state index in [1.165, 1.54) is 12.1 Å². The maximum absolute atomic E-state index is 10.6. The fourth-order valence-electron chi connectivity index (χ4n) is 1.97. The van der Waals surface area contributed by atoms with Crippen molar-refractivity contribution in [2.24, 2.45) is 0 Å². The molecule has 0 atom stereocenters. The highest BCUT2D eigenvalue weighted by molar-refractivity contribution is 5.66. The van der Waals surface area contributed by atoms with Crippen LogP contribution in [-0.2, 0) is 11.3 Å². The van der Waals surface area contributed by atoms with E-state index in [1.54, 1.807) is 6.07 Å². The molecule has 5 heteroatoms. The Labute approximate surface area is 105 Å². The normalized spacial score (nSPS) is 14.9. The second-order valence-corrected chi connectivity index (χ2v) is 4.67. The molecule has 18 heavy (non-hydrogen) atoms. The Morgan fingerprint density at radius 2 is 2.00 bits per heavy atom. The van der Waals surface area contributed by atoms with Crippen molar-refractivity contribution in [1.29, 1.82) is 0 Å². The van der Waals surface area contributed by atoms with Crippen LogP contribution in [0.1, 0.15) is 24.8 Å². The molecule has 5 nitrogen and oxygen atoms in total. The highest BCUT2D eigenvalue weighted by Gasteiger charge is 2.29. The second-order valence-electron chi connectivity index (χ2n) is 4.67. The SMILES string of the molecule is O=C(O)CCN(Cc1ccc(O)c(O)c1)C1CC1. The molecule has 2 rings (SSSR count). The predicted molar refractivity (Wildman–Crippen MR) is 65.5 cm³/mol. The quantitative estimate of drug-likeness (QED) is 0.668. The maximum Gasteiger partial charge on any atom is 0.304 e. The number of hydrogen-bond acceptors (Lipinski definition) is 4. The average molecular weight is 251 g/mol. The van der Waals surface area contributed by atoms with E-state index in [9.17, 15) is 15.0 Å². The third-order valence-electron chi connectivity index (χ3n) is 3.10. The molecule has 0 bridgehead atoms. The van der Waals surface area contributed by atoms with Crippen LogP contribution in [0.3, 0.4) is 0 Å². The fourth-order valence-corrected chi connectivity index (χ4v) is 1.97. The van der Waals surface area contributed by atoms with Gasteiger partial charge in [0.25, 0.3) is 0 Å². The number of carboxylic acids is 1. The maximum atomic E-state index is 10.6. The number of aromatic hydroxyl groups is 2. The number of aliphatic carboxylic acids is 1. The molecule has 0 spiro atoms. The number of rotatable bonds is 6. The van der Waals surface area contributed by atoms with Crippen LogP contribution in [0.15, 0.2) is 18.2 Å². The van der Waals surface area contributed by atoms with Crippen LogP contribution in [0.2, 0.25) is 0 Å². The number of hydrogen-bond donors (Lipinski definition) is 3. The van der Waals surface area contributed by atoms with Crippen LogP contribution in [0, 0.1) is 0 Å². The van der Waals surface area contributed by atoms with Gasteiger partial charge in [-0.05, 0) is 30.5 Å². The van der Waals surface area contributed by atoms with E-state index < -0.39 is 5.97 Å². The Kier molecular flexibility index (Phi) is 3.72. The summed E-state index contributed by atoms with van der Waals surface area (Å²) in [6, 6.07) is 5.17. The second kappa shape index (κ2) is 5.27. The third kappa shape index (κ3) is 3.37. The lowest BCUT2D eigenvalue weighted by atomic mass is 10.2. The first-order valence-electron chi connectivity index (χ1n) is 6.03. The Morgan fingerprint density at radius 1 is 1.28 bits per heavy atom. The number of phenolic OH excluding ortho intramolecular Hbond substituents is 2. The summed E-state index contributed by atoms with van der Waals surface area (Å²) in [6.07, 6.45) is 2.33. The minimum absolute atomic E-state index is 0.126. The van der Waals surface area contributed by atoms with Crippen LogP contribution in [-0.4, -0.2) is 38.8 Å². The molecule has 1 fully saturated rings. The van der Waals surface area contributed by atoms with E-state index in [-0.39, 0.29) is 17.9 Å². The van der Waals surface area contributed by atoms with Gasteiger partial charge in [-0.3, -0.25) is 9.69 Å². The topological polar surface area (TPSA) is 81.0 Å². The van der Waals surface area contributed by atoms with E-state index >= 15 is 0 Å². The van der Waals surface area contributed by atoms with Crippen molar-refractivity contribution in [3.8, 4) is 11.5 Å². The standard InChI is InChI=1S/C13H17NO4/c15-11-4-1-9(7-12(11)16)8-14(10-2-3-10)6-5-13(17)18/h1,4,7,10,15-16H,2-3,5-6,8H2,(H,17,18). The van der Waals surface area contributed by atoms with Gasteiger partial charge in [0.2, 0.25) is 0 Å². The minimum atomic E-state index is -0.797. The van der Waals surface area contributed by atoms with E-state index in [0.29, 0.717) is 19.1 Å². The highest BCUT2D eigenvalue weighted by Crippen LogP contribution is 2.30. The van der Waals surface area contributed by atoms with Gasteiger partial charge < -0.3 is 15.3 Å². The van der Waals surface area contributed by atoms with Crippen LogP contribution in [0.4, 0.5) is 0 Å². The van der Waals surface area contributed by atoms with Gasteiger partial charge in [-0.2, -0.15) is 0 Å². The largest absolute Gasteiger partial charge is 0.504 e. The minimum Gasteiger partial charge on any atom is -0.504 e. The summed E-state index contributed by atoms with van der Waals surface area (Å²) < 4.78 is 0. The smallest absolute Gasteiger partial charge is 0.304 e. The summed E-state index contributed by atoms with van der Waals surface area (Å²) in [5.41, 5.74) is 0.877. The zero-order valence-corrected chi connectivity index (χ0v) is 10.0. The molecule has 3 N–H and O–H groups in total. The Hall–Kier alpha value is -1.75. The van der Waals surface area contributed by atoms with Gasteiger partial charge in [0.1, 0.15) is 0 Å². The first-order chi connectivity index (χ1) is 8.56. The summed E-state index contributed by atoms with van der Waals surface area (Å²) in [6.45, 7) is 1.12. The number of phenols is 2. The molecule has 0 aromatic heterocycles. The molecule has 0 unspecified atom stereocenters. The van der Waals surface area contributed by atoms with Crippen molar-refractivity contribution < 1.29 is 20.1 Å². The first kappa shape index (κ1) is 12.7. The molecule has 1 aliphatic rings. The van der Waals surface area contributed by atoms with Crippen LogP contribution in [0.25, 0.3) is 0 Å². The van der Waals surface area contributed by atoms with E-state index in [4.69, 9.17) is 5.11 Å². The predicted octanol–water partition coefficient (Wildman–Crippen LogP) is 1.54. The molecule has 0 saturated heterocycles. The van der Waals surface area contributed by atoms with Crippen molar-refractivity contribution in [3.63, 3.8) is 0 Å². The zero-order valence-electron chi connectivity index (χ0n) is 10.0. The lowest BCUT2D eigenvalue weighted by Crippen LogP contribution is -2.28. The number of carboxylic acid groups (broad SMARTS) is 1. The lowest BCUT2D eigenvalue weighted by Gasteiger charge is -2.21. The van der Waals surface area contributed by atoms with Crippen LogP contribution < -0.4 is 0 Å². The van der Waals surface area contributed by atoms with Crippen LogP contribution in [0.5, 0.6) is 11.5 Å². The van der Waals surface area contributed by atoms with Gasteiger partial charge >= 0.3 is 5.97 Å².